The first-order valence-corrected chi connectivity index (χ1v) is 15.8. The number of hydrogen-bond acceptors (Lipinski definition) is 7. The van der Waals surface area contributed by atoms with E-state index in [1.807, 2.05) is 18.2 Å². The van der Waals surface area contributed by atoms with Crippen LogP contribution in [0.2, 0.25) is 0 Å². The monoisotopic (exact) mass is 543 g/mol. The van der Waals surface area contributed by atoms with Crippen LogP contribution < -0.4 is 5.32 Å². The summed E-state index contributed by atoms with van der Waals surface area (Å²) in [7, 11) is -3.70. The molecule has 1 aliphatic heterocycles. The van der Waals surface area contributed by atoms with E-state index in [-0.39, 0.29) is 5.91 Å². The number of thiophene rings is 2. The van der Waals surface area contributed by atoms with E-state index in [9.17, 15) is 13.2 Å². The summed E-state index contributed by atoms with van der Waals surface area (Å²) in [6.45, 7) is 0.365. The third kappa shape index (κ3) is 4.25. The smallest absolute Gasteiger partial charge is 0.253 e. The number of benzene rings is 1. The van der Waals surface area contributed by atoms with Gasteiger partial charge < -0.3 is 5.32 Å². The SMILES string of the molecule is O=C(Nc1sc2c(c1-c1nc3ccccc3s1)CCCC2)C1CCCCN1S(=O)(=O)c1cccs1. The highest BCUT2D eigenvalue weighted by Gasteiger charge is 2.39. The molecule has 1 aliphatic carbocycles. The van der Waals surface area contributed by atoms with Crippen molar-refractivity contribution >= 4 is 65.2 Å². The molecule has 4 aromatic rings. The van der Waals surface area contributed by atoms with Crippen LogP contribution >= 0.6 is 34.0 Å². The summed E-state index contributed by atoms with van der Waals surface area (Å²) in [5.41, 5.74) is 3.28. The van der Waals surface area contributed by atoms with Gasteiger partial charge in [0.2, 0.25) is 5.91 Å². The third-order valence-electron chi connectivity index (χ3n) is 6.73. The number of para-hydroxylation sites is 1. The van der Waals surface area contributed by atoms with Gasteiger partial charge in [0.25, 0.3) is 10.0 Å². The molecular formula is C25H25N3O3S4. The van der Waals surface area contributed by atoms with Crippen molar-refractivity contribution in [1.29, 1.82) is 0 Å². The minimum atomic E-state index is -3.70. The lowest BCUT2D eigenvalue weighted by Crippen LogP contribution is -2.49. The van der Waals surface area contributed by atoms with Gasteiger partial charge in [-0.2, -0.15) is 4.31 Å². The van der Waals surface area contributed by atoms with Crippen molar-refractivity contribution in [2.75, 3.05) is 11.9 Å². The first-order chi connectivity index (χ1) is 17.0. The van der Waals surface area contributed by atoms with Crippen molar-refractivity contribution in [2.24, 2.45) is 0 Å². The third-order valence-corrected chi connectivity index (χ3v) is 12.3. The first kappa shape index (κ1) is 23.3. The summed E-state index contributed by atoms with van der Waals surface area (Å²) in [4.78, 5) is 19.9. The average Bonchev–Trinajstić information content (AvgIpc) is 3.62. The second-order valence-electron chi connectivity index (χ2n) is 8.95. The Kier molecular flexibility index (Phi) is 6.26. The van der Waals surface area contributed by atoms with E-state index in [4.69, 9.17) is 4.98 Å². The maximum Gasteiger partial charge on any atom is 0.253 e. The average molecular weight is 544 g/mol. The number of fused-ring (bicyclic) bond motifs is 2. The predicted octanol–water partition coefficient (Wildman–Crippen LogP) is 6.15. The molecule has 1 fully saturated rings. The highest BCUT2D eigenvalue weighted by atomic mass is 32.2. The van der Waals surface area contributed by atoms with Gasteiger partial charge in [0.1, 0.15) is 20.3 Å². The number of hydrogen-bond donors (Lipinski definition) is 1. The van der Waals surface area contributed by atoms with Crippen molar-refractivity contribution in [3.8, 4) is 10.6 Å². The lowest BCUT2D eigenvalue weighted by Gasteiger charge is -2.33. The van der Waals surface area contributed by atoms with Crippen LogP contribution in [0.4, 0.5) is 5.00 Å². The first-order valence-electron chi connectivity index (χ1n) is 11.9. The molecule has 1 amide bonds. The number of carbonyl (C=O) groups is 1. The Balaban J connectivity index is 1.36. The Morgan fingerprint density at radius 2 is 1.89 bits per heavy atom. The molecule has 6 rings (SSSR count). The number of sulfonamides is 1. The van der Waals surface area contributed by atoms with Gasteiger partial charge in [-0.3, -0.25) is 4.79 Å². The fourth-order valence-electron chi connectivity index (χ4n) is 5.04. The Labute approximate surface area is 216 Å². The molecule has 35 heavy (non-hydrogen) atoms. The second-order valence-corrected chi connectivity index (χ2v) is 14.2. The lowest BCUT2D eigenvalue weighted by molar-refractivity contribution is -0.120. The number of aromatic nitrogens is 1. The van der Waals surface area contributed by atoms with Gasteiger partial charge in [0.15, 0.2) is 0 Å². The second kappa shape index (κ2) is 9.40. The summed E-state index contributed by atoms with van der Waals surface area (Å²) in [6.07, 6.45) is 6.39. The summed E-state index contributed by atoms with van der Waals surface area (Å²) in [5.74, 6) is -0.245. The van der Waals surface area contributed by atoms with Crippen LogP contribution in [0.25, 0.3) is 20.8 Å². The van der Waals surface area contributed by atoms with E-state index < -0.39 is 16.1 Å². The summed E-state index contributed by atoms with van der Waals surface area (Å²) in [6, 6.07) is 10.7. The largest absolute Gasteiger partial charge is 0.316 e. The standard InChI is InChI=1S/C25H25N3O3S4/c29-23(18-10-5-6-14-28(18)35(30,31)21-13-7-15-32-21)27-25-22(16-8-1-3-11-19(16)33-25)24-26-17-9-2-4-12-20(17)34-24/h2,4,7,9,12-13,15,18H,1,3,5-6,8,10-11,14H2,(H,27,29). The van der Waals surface area contributed by atoms with E-state index in [0.717, 1.165) is 64.3 Å². The molecule has 0 bridgehead atoms. The molecule has 2 aliphatic rings. The summed E-state index contributed by atoms with van der Waals surface area (Å²) in [5, 5.41) is 6.66. The van der Waals surface area contributed by atoms with Gasteiger partial charge in [-0.25, -0.2) is 13.4 Å². The van der Waals surface area contributed by atoms with Crippen LogP contribution in [0.15, 0.2) is 46.0 Å². The number of rotatable bonds is 5. The topological polar surface area (TPSA) is 79.4 Å². The highest BCUT2D eigenvalue weighted by Crippen LogP contribution is 2.46. The molecule has 10 heteroatoms. The zero-order valence-electron chi connectivity index (χ0n) is 19.0. The van der Waals surface area contributed by atoms with Gasteiger partial charge in [0, 0.05) is 17.0 Å². The molecule has 1 N–H and O–H groups in total. The number of amides is 1. The minimum absolute atomic E-state index is 0.245. The van der Waals surface area contributed by atoms with E-state index in [2.05, 4.69) is 11.4 Å². The molecular weight excluding hydrogens is 519 g/mol. The molecule has 182 valence electrons. The quantitative estimate of drug-likeness (QED) is 0.328. The van der Waals surface area contributed by atoms with Gasteiger partial charge in [0.05, 0.1) is 10.2 Å². The number of anilines is 1. The van der Waals surface area contributed by atoms with Crippen LogP contribution in [0.1, 0.15) is 42.5 Å². The number of thiazole rings is 1. The van der Waals surface area contributed by atoms with E-state index in [1.165, 1.54) is 26.1 Å². The molecule has 6 nitrogen and oxygen atoms in total. The Morgan fingerprint density at radius 1 is 1.03 bits per heavy atom. The van der Waals surface area contributed by atoms with Crippen LogP contribution in [-0.4, -0.2) is 36.2 Å². The van der Waals surface area contributed by atoms with Crippen molar-refractivity contribution in [3.63, 3.8) is 0 Å². The minimum Gasteiger partial charge on any atom is -0.316 e. The Morgan fingerprint density at radius 3 is 2.71 bits per heavy atom. The highest BCUT2D eigenvalue weighted by molar-refractivity contribution is 7.91. The molecule has 3 aromatic heterocycles. The molecule has 1 aromatic carbocycles. The van der Waals surface area contributed by atoms with Crippen LogP contribution in [0.5, 0.6) is 0 Å². The van der Waals surface area contributed by atoms with Crippen molar-refractivity contribution in [2.45, 2.75) is 55.2 Å². The summed E-state index contributed by atoms with van der Waals surface area (Å²) >= 11 is 4.48. The molecule has 0 radical (unpaired) electrons. The number of piperidine rings is 1. The zero-order chi connectivity index (χ0) is 24.0. The van der Waals surface area contributed by atoms with Crippen LogP contribution in [0, 0.1) is 0 Å². The number of carbonyl (C=O) groups excluding carboxylic acids is 1. The van der Waals surface area contributed by atoms with E-state index in [1.54, 1.807) is 40.2 Å². The Hall–Kier alpha value is -2.11. The van der Waals surface area contributed by atoms with Crippen molar-refractivity contribution in [3.05, 3.63) is 52.2 Å². The molecule has 4 heterocycles. The lowest BCUT2D eigenvalue weighted by atomic mass is 9.95. The molecule has 1 atom stereocenters. The van der Waals surface area contributed by atoms with Gasteiger partial charge in [-0.15, -0.1) is 34.0 Å². The zero-order valence-corrected chi connectivity index (χ0v) is 22.3. The predicted molar refractivity (Wildman–Crippen MR) is 144 cm³/mol. The number of nitrogens with one attached hydrogen (secondary N) is 1. The van der Waals surface area contributed by atoms with Gasteiger partial charge in [-0.05, 0) is 67.7 Å². The molecule has 1 saturated heterocycles. The fourth-order valence-corrected chi connectivity index (χ4v) is 10.2. The molecule has 0 saturated carbocycles. The maximum atomic E-state index is 13.6. The number of nitrogens with zero attached hydrogens (tertiary/aromatic N) is 2. The van der Waals surface area contributed by atoms with Gasteiger partial charge in [-0.1, -0.05) is 24.6 Å². The Bertz CT molecular complexity index is 1450. The van der Waals surface area contributed by atoms with E-state index >= 15 is 0 Å². The summed E-state index contributed by atoms with van der Waals surface area (Å²) < 4.78 is 29.4. The molecule has 0 spiro atoms. The number of aryl methyl sites for hydroxylation is 1. The van der Waals surface area contributed by atoms with Gasteiger partial charge >= 0.3 is 0 Å². The van der Waals surface area contributed by atoms with Crippen molar-refractivity contribution < 1.29 is 13.2 Å². The maximum absolute atomic E-state index is 13.6. The van der Waals surface area contributed by atoms with Crippen LogP contribution in [0.3, 0.4) is 0 Å². The van der Waals surface area contributed by atoms with E-state index in [0.29, 0.717) is 17.2 Å². The van der Waals surface area contributed by atoms with Crippen LogP contribution in [-0.2, 0) is 27.7 Å². The fraction of sp³-hybridized carbons (Fsp3) is 0.360. The van der Waals surface area contributed by atoms with Crippen molar-refractivity contribution in [1.82, 2.24) is 9.29 Å². The molecule has 1 unspecified atom stereocenters. The normalized spacial score (nSPS) is 19.0.